The highest BCUT2D eigenvalue weighted by Crippen LogP contribution is 2.10. The molecule has 0 saturated heterocycles. The van der Waals surface area contributed by atoms with Crippen LogP contribution in [0.5, 0.6) is 0 Å². The van der Waals surface area contributed by atoms with E-state index in [1.807, 2.05) is 0 Å². The van der Waals surface area contributed by atoms with Gasteiger partial charge in [-0.05, 0) is 18.7 Å². The van der Waals surface area contributed by atoms with Crippen LogP contribution in [0.4, 0.5) is 0 Å². The van der Waals surface area contributed by atoms with E-state index in [9.17, 15) is 0 Å². The third-order valence-electron chi connectivity index (χ3n) is 2.49. The second kappa shape index (κ2) is 6.33. The molecule has 2 nitrogen and oxygen atoms in total. The fourth-order valence-corrected chi connectivity index (χ4v) is 3.69. The van der Waals surface area contributed by atoms with Crippen molar-refractivity contribution in [3.05, 3.63) is 35.9 Å². The minimum absolute atomic E-state index is 0.245. The summed E-state index contributed by atoms with van der Waals surface area (Å²) in [5.74, 6) is 0. The Balaban J connectivity index is 2.64. The first kappa shape index (κ1) is 14.4. The van der Waals surface area contributed by atoms with E-state index in [-0.39, 0.29) is 6.04 Å². The molecule has 1 unspecified atom stereocenters. The summed E-state index contributed by atoms with van der Waals surface area (Å²) < 4.78 is 0. The molecule has 96 valence electrons. The molecule has 1 aromatic rings. The van der Waals surface area contributed by atoms with Gasteiger partial charge in [-0.3, -0.25) is 0 Å². The molecule has 0 heterocycles. The Morgan fingerprint density at radius 1 is 1.18 bits per heavy atom. The molecule has 0 spiro atoms. The molecule has 0 aromatic heterocycles. The summed E-state index contributed by atoms with van der Waals surface area (Å²) in [4.78, 5) is 2.51. The zero-order valence-electron chi connectivity index (χ0n) is 11.6. The summed E-state index contributed by atoms with van der Waals surface area (Å²) in [6.45, 7) is 11.3. The summed E-state index contributed by atoms with van der Waals surface area (Å²) in [6, 6.07) is 10.9. The van der Waals surface area contributed by atoms with Crippen molar-refractivity contribution in [3.8, 4) is 0 Å². The van der Waals surface area contributed by atoms with Gasteiger partial charge in [-0.25, -0.2) is 0 Å². The van der Waals surface area contributed by atoms with Crippen molar-refractivity contribution in [1.29, 1.82) is 0 Å². The molecule has 1 rings (SSSR count). The maximum Gasteiger partial charge on any atom is 0.0599 e. The molecule has 0 radical (unpaired) electrons. The van der Waals surface area contributed by atoms with Crippen LogP contribution in [-0.4, -0.2) is 31.7 Å². The maximum atomic E-state index is 5.94. The summed E-state index contributed by atoms with van der Waals surface area (Å²) in [6.07, 6.45) is 1.21. The minimum Gasteiger partial charge on any atom is -0.327 e. The van der Waals surface area contributed by atoms with Gasteiger partial charge in [0.15, 0.2) is 0 Å². The van der Waals surface area contributed by atoms with E-state index in [2.05, 4.69) is 61.8 Å². The number of hydrogen-bond donors (Lipinski definition) is 1. The zero-order chi connectivity index (χ0) is 12.9. The Kier molecular flexibility index (Phi) is 5.37. The zero-order valence-corrected chi connectivity index (χ0v) is 12.6. The molecule has 0 bridgehead atoms. The molecule has 1 aromatic carbocycles. The number of nitrogens with two attached hydrogens (primary N) is 1. The van der Waals surface area contributed by atoms with Crippen molar-refractivity contribution in [2.75, 3.05) is 12.7 Å². The van der Waals surface area contributed by atoms with Crippen molar-refractivity contribution in [3.63, 3.8) is 0 Å². The van der Waals surface area contributed by atoms with Gasteiger partial charge in [0.25, 0.3) is 0 Å². The molecule has 3 heteroatoms. The Morgan fingerprint density at radius 3 is 2.24 bits per heavy atom. The van der Waals surface area contributed by atoms with Gasteiger partial charge >= 0.3 is 0 Å². The Hall–Kier alpha value is -0.643. The largest absolute Gasteiger partial charge is 0.327 e. The smallest absolute Gasteiger partial charge is 0.0599 e. The van der Waals surface area contributed by atoms with Gasteiger partial charge in [0, 0.05) is 19.1 Å². The predicted octanol–water partition coefficient (Wildman–Crippen LogP) is 2.71. The average Bonchev–Trinajstić information content (AvgIpc) is 2.15. The lowest BCUT2D eigenvalue weighted by Gasteiger charge is -2.30. The Morgan fingerprint density at radius 2 is 1.76 bits per heavy atom. The van der Waals surface area contributed by atoms with Gasteiger partial charge in [-0.2, -0.15) is 0 Å². The monoisotopic (exact) mass is 250 g/mol. The summed E-state index contributed by atoms with van der Waals surface area (Å²) in [5, 5.41) is 0. The number of rotatable bonds is 6. The standard InChI is InChI=1S/C14H26N2Si/c1-13(15)10-16(12-17(2,3)4)11-14-8-6-5-7-9-14/h5-9,13H,10-12,15H2,1-4H3. The molecule has 17 heavy (non-hydrogen) atoms. The van der Waals surface area contributed by atoms with E-state index < -0.39 is 8.07 Å². The molecule has 1 atom stereocenters. The third kappa shape index (κ3) is 6.61. The van der Waals surface area contributed by atoms with Crippen molar-refractivity contribution in [1.82, 2.24) is 4.90 Å². The van der Waals surface area contributed by atoms with Crippen molar-refractivity contribution < 1.29 is 0 Å². The maximum absolute atomic E-state index is 5.94. The van der Waals surface area contributed by atoms with E-state index >= 15 is 0 Å². The lowest BCUT2D eigenvalue weighted by molar-refractivity contribution is 0.289. The van der Waals surface area contributed by atoms with E-state index in [0.29, 0.717) is 0 Å². The van der Waals surface area contributed by atoms with Gasteiger partial charge in [0.2, 0.25) is 0 Å². The summed E-state index contributed by atoms with van der Waals surface area (Å²) in [7, 11) is -1.07. The van der Waals surface area contributed by atoms with Crippen LogP contribution in [0.25, 0.3) is 0 Å². The SMILES string of the molecule is CC(N)CN(Cc1ccccc1)C[Si](C)(C)C. The second-order valence-corrected chi connectivity index (χ2v) is 11.6. The molecule has 0 amide bonds. The lowest BCUT2D eigenvalue weighted by Crippen LogP contribution is -2.44. The average molecular weight is 250 g/mol. The molecule has 0 aliphatic carbocycles. The topological polar surface area (TPSA) is 29.3 Å². The third-order valence-corrected chi connectivity index (χ3v) is 3.89. The second-order valence-electron chi connectivity index (χ2n) is 6.19. The first-order valence-electron chi connectivity index (χ1n) is 6.39. The van der Waals surface area contributed by atoms with Crippen LogP contribution in [0.3, 0.4) is 0 Å². The van der Waals surface area contributed by atoms with Gasteiger partial charge in [-0.1, -0.05) is 50.0 Å². The van der Waals surface area contributed by atoms with Crippen LogP contribution >= 0.6 is 0 Å². The van der Waals surface area contributed by atoms with Crippen LogP contribution in [-0.2, 0) is 6.54 Å². The number of hydrogen-bond acceptors (Lipinski definition) is 2. The minimum atomic E-state index is -1.07. The Bertz CT molecular complexity index is 317. The van der Waals surface area contributed by atoms with Crippen molar-refractivity contribution in [2.24, 2.45) is 5.73 Å². The highest BCUT2D eigenvalue weighted by Gasteiger charge is 2.19. The summed E-state index contributed by atoms with van der Waals surface area (Å²) in [5.41, 5.74) is 7.32. The Labute approximate surface area is 107 Å². The normalized spacial score (nSPS) is 14.0. The number of benzene rings is 1. The van der Waals surface area contributed by atoms with E-state index in [1.54, 1.807) is 0 Å². The van der Waals surface area contributed by atoms with E-state index in [1.165, 1.54) is 11.7 Å². The van der Waals surface area contributed by atoms with Crippen LogP contribution in [0, 0.1) is 0 Å². The van der Waals surface area contributed by atoms with Crippen molar-refractivity contribution in [2.45, 2.75) is 39.2 Å². The van der Waals surface area contributed by atoms with E-state index in [4.69, 9.17) is 5.73 Å². The molecule has 0 saturated carbocycles. The highest BCUT2D eigenvalue weighted by molar-refractivity contribution is 6.76. The van der Waals surface area contributed by atoms with Crippen LogP contribution in [0.2, 0.25) is 19.6 Å². The lowest BCUT2D eigenvalue weighted by atomic mass is 10.2. The van der Waals surface area contributed by atoms with Crippen LogP contribution in [0.1, 0.15) is 12.5 Å². The summed E-state index contributed by atoms with van der Waals surface area (Å²) >= 11 is 0. The predicted molar refractivity (Wildman–Crippen MR) is 78.7 cm³/mol. The molecule has 0 fully saturated rings. The van der Waals surface area contributed by atoms with Crippen LogP contribution in [0.15, 0.2) is 30.3 Å². The molecule has 2 N–H and O–H groups in total. The van der Waals surface area contributed by atoms with E-state index in [0.717, 1.165) is 13.1 Å². The fraction of sp³-hybridized carbons (Fsp3) is 0.571. The molecule has 0 aliphatic heterocycles. The van der Waals surface area contributed by atoms with Gasteiger partial charge in [0.05, 0.1) is 8.07 Å². The molecular weight excluding hydrogens is 224 g/mol. The number of nitrogens with zero attached hydrogens (tertiary/aromatic N) is 1. The first-order chi connectivity index (χ1) is 7.87. The van der Waals surface area contributed by atoms with Crippen LogP contribution < -0.4 is 5.73 Å². The molecule has 0 aliphatic rings. The fourth-order valence-electron chi connectivity index (χ4n) is 2.10. The van der Waals surface area contributed by atoms with Gasteiger partial charge in [-0.15, -0.1) is 0 Å². The van der Waals surface area contributed by atoms with Gasteiger partial charge in [0.1, 0.15) is 0 Å². The molecular formula is C14H26N2Si. The van der Waals surface area contributed by atoms with Crippen molar-refractivity contribution >= 4 is 8.07 Å². The van der Waals surface area contributed by atoms with Gasteiger partial charge < -0.3 is 10.6 Å². The first-order valence-corrected chi connectivity index (χ1v) is 10.1. The quantitative estimate of drug-likeness (QED) is 0.787. The highest BCUT2D eigenvalue weighted by atomic mass is 28.3.